The first-order valence-electron chi connectivity index (χ1n) is 3.81. The van der Waals surface area contributed by atoms with Crippen molar-refractivity contribution in [3.63, 3.8) is 0 Å². The first-order chi connectivity index (χ1) is 5.71. The van der Waals surface area contributed by atoms with Crippen molar-refractivity contribution in [2.45, 2.75) is 37.6 Å². The molecular weight excluding hydrogens is 187 g/mol. The monoisotopic (exact) mass is 197 g/mol. The van der Waals surface area contributed by atoms with Crippen molar-refractivity contribution in [1.29, 1.82) is 0 Å². The molecule has 1 amide bonds. The van der Waals surface area contributed by atoms with Crippen LogP contribution in [0.15, 0.2) is 0 Å². The third-order valence-electron chi connectivity index (χ3n) is 1.96. The van der Waals surface area contributed by atoms with Crippen molar-refractivity contribution in [1.82, 2.24) is 5.32 Å². The van der Waals surface area contributed by atoms with E-state index in [1.807, 2.05) is 0 Å². The number of halogens is 3. The number of hydrogen-bond acceptors (Lipinski definition) is 2. The van der Waals surface area contributed by atoms with Crippen LogP contribution >= 0.6 is 0 Å². The minimum Gasteiger partial charge on any atom is -0.390 e. The minimum atomic E-state index is -4.83. The van der Waals surface area contributed by atoms with Crippen LogP contribution in [0.1, 0.15) is 19.8 Å². The molecule has 3 nitrogen and oxygen atoms in total. The van der Waals surface area contributed by atoms with E-state index in [0.717, 1.165) is 0 Å². The maximum Gasteiger partial charge on any atom is 0.471 e. The Hall–Kier alpha value is -0.780. The average Bonchev–Trinajstić information content (AvgIpc) is 1.80. The number of alkyl halides is 3. The molecule has 0 heterocycles. The Bertz CT molecular complexity index is 216. The van der Waals surface area contributed by atoms with Crippen LogP contribution in [-0.4, -0.2) is 28.8 Å². The normalized spacial score (nSPS) is 33.8. The second-order valence-electron chi connectivity index (χ2n) is 3.57. The molecule has 0 spiro atoms. The van der Waals surface area contributed by atoms with Crippen LogP contribution < -0.4 is 5.32 Å². The summed E-state index contributed by atoms with van der Waals surface area (Å²) in [7, 11) is 0. The molecule has 1 rings (SSSR count). The number of rotatable bonds is 1. The summed E-state index contributed by atoms with van der Waals surface area (Å²) < 4.78 is 35.1. The standard InChI is InChI=1S/C7H10F3NO2/c1-6(13)2-4(3-6)11-5(12)7(8,9)10/h4,13H,2-3H2,1H3,(H,11,12). The molecule has 0 aromatic rings. The fourth-order valence-corrected chi connectivity index (χ4v) is 1.37. The van der Waals surface area contributed by atoms with Gasteiger partial charge in [0.25, 0.3) is 0 Å². The lowest BCUT2D eigenvalue weighted by Crippen LogP contribution is -2.55. The van der Waals surface area contributed by atoms with Gasteiger partial charge in [0, 0.05) is 6.04 Å². The molecule has 1 fully saturated rings. The minimum absolute atomic E-state index is 0.175. The summed E-state index contributed by atoms with van der Waals surface area (Å²) in [6.07, 6.45) is -4.48. The van der Waals surface area contributed by atoms with Gasteiger partial charge >= 0.3 is 12.1 Å². The molecule has 1 aliphatic carbocycles. The maximum atomic E-state index is 11.7. The van der Waals surface area contributed by atoms with Crippen molar-refractivity contribution in [2.75, 3.05) is 0 Å². The molecule has 0 unspecified atom stereocenters. The van der Waals surface area contributed by atoms with Gasteiger partial charge in [0.1, 0.15) is 0 Å². The van der Waals surface area contributed by atoms with E-state index < -0.39 is 23.7 Å². The van der Waals surface area contributed by atoms with E-state index in [1.54, 1.807) is 5.32 Å². The lowest BCUT2D eigenvalue weighted by molar-refractivity contribution is -0.176. The fourth-order valence-electron chi connectivity index (χ4n) is 1.37. The van der Waals surface area contributed by atoms with Gasteiger partial charge in [0.2, 0.25) is 0 Å². The Morgan fingerprint density at radius 1 is 1.54 bits per heavy atom. The lowest BCUT2D eigenvalue weighted by atomic mass is 9.77. The van der Waals surface area contributed by atoms with Crippen molar-refractivity contribution in [3.05, 3.63) is 0 Å². The van der Waals surface area contributed by atoms with E-state index >= 15 is 0 Å². The molecule has 6 heteroatoms. The number of nitrogens with one attached hydrogen (secondary N) is 1. The van der Waals surface area contributed by atoms with Crippen LogP contribution in [0.2, 0.25) is 0 Å². The van der Waals surface area contributed by atoms with E-state index in [-0.39, 0.29) is 12.8 Å². The van der Waals surface area contributed by atoms with Crippen LogP contribution in [0.5, 0.6) is 0 Å². The molecule has 0 aliphatic heterocycles. The topological polar surface area (TPSA) is 49.3 Å². The highest BCUT2D eigenvalue weighted by Gasteiger charge is 2.45. The Morgan fingerprint density at radius 2 is 2.00 bits per heavy atom. The first kappa shape index (κ1) is 10.3. The number of carbonyl (C=O) groups is 1. The van der Waals surface area contributed by atoms with Gasteiger partial charge in [0.15, 0.2) is 0 Å². The van der Waals surface area contributed by atoms with E-state index in [1.165, 1.54) is 6.92 Å². The summed E-state index contributed by atoms with van der Waals surface area (Å²) in [5.74, 6) is -1.94. The summed E-state index contributed by atoms with van der Waals surface area (Å²) in [4.78, 5) is 10.4. The number of aliphatic hydroxyl groups is 1. The summed E-state index contributed by atoms with van der Waals surface area (Å²) in [6, 6.07) is -0.552. The highest BCUT2D eigenvalue weighted by atomic mass is 19.4. The van der Waals surface area contributed by atoms with Crippen LogP contribution in [-0.2, 0) is 4.79 Å². The van der Waals surface area contributed by atoms with Gasteiger partial charge in [-0.3, -0.25) is 4.79 Å². The quantitative estimate of drug-likeness (QED) is 0.646. The smallest absolute Gasteiger partial charge is 0.390 e. The van der Waals surface area contributed by atoms with Crippen LogP contribution in [0.3, 0.4) is 0 Å². The van der Waals surface area contributed by atoms with Gasteiger partial charge in [-0.15, -0.1) is 0 Å². The zero-order valence-electron chi connectivity index (χ0n) is 6.98. The lowest BCUT2D eigenvalue weighted by Gasteiger charge is -2.41. The zero-order valence-corrected chi connectivity index (χ0v) is 6.98. The number of hydrogen-bond donors (Lipinski definition) is 2. The third kappa shape index (κ3) is 2.58. The predicted molar refractivity (Wildman–Crippen MR) is 37.8 cm³/mol. The van der Waals surface area contributed by atoms with E-state index in [2.05, 4.69) is 0 Å². The number of carbonyl (C=O) groups excluding carboxylic acids is 1. The largest absolute Gasteiger partial charge is 0.471 e. The highest BCUT2D eigenvalue weighted by molar-refractivity contribution is 5.82. The average molecular weight is 197 g/mol. The summed E-state index contributed by atoms with van der Waals surface area (Å²) in [6.45, 7) is 1.52. The summed E-state index contributed by atoms with van der Waals surface area (Å²) in [5, 5.41) is 11.0. The van der Waals surface area contributed by atoms with Crippen LogP contribution in [0.25, 0.3) is 0 Å². The Kier molecular flexibility index (Phi) is 2.27. The van der Waals surface area contributed by atoms with Gasteiger partial charge in [-0.1, -0.05) is 0 Å². The highest BCUT2D eigenvalue weighted by Crippen LogP contribution is 2.31. The summed E-state index contributed by atoms with van der Waals surface area (Å²) in [5.41, 5.74) is -0.927. The molecule has 76 valence electrons. The summed E-state index contributed by atoms with van der Waals surface area (Å²) >= 11 is 0. The second kappa shape index (κ2) is 2.87. The second-order valence-corrected chi connectivity index (χ2v) is 3.57. The number of amides is 1. The molecule has 1 saturated carbocycles. The zero-order chi connectivity index (χ0) is 10.3. The molecule has 13 heavy (non-hydrogen) atoms. The molecule has 0 bridgehead atoms. The van der Waals surface area contributed by atoms with Gasteiger partial charge in [0.05, 0.1) is 5.60 Å². The molecule has 1 aliphatic rings. The Labute approximate surface area is 72.9 Å². The predicted octanol–water partition coefficient (Wildman–Crippen LogP) is 0.578. The third-order valence-corrected chi connectivity index (χ3v) is 1.96. The van der Waals surface area contributed by atoms with Gasteiger partial charge in [-0.2, -0.15) is 13.2 Å². The fraction of sp³-hybridized carbons (Fsp3) is 0.857. The van der Waals surface area contributed by atoms with Crippen molar-refractivity contribution < 1.29 is 23.1 Å². The first-order valence-corrected chi connectivity index (χ1v) is 3.81. The molecule has 0 saturated heterocycles. The van der Waals surface area contributed by atoms with E-state index in [9.17, 15) is 18.0 Å². The SMILES string of the molecule is CC1(O)CC(NC(=O)C(F)(F)F)C1. The Morgan fingerprint density at radius 3 is 2.31 bits per heavy atom. The molecule has 0 radical (unpaired) electrons. The van der Waals surface area contributed by atoms with Crippen molar-refractivity contribution >= 4 is 5.91 Å². The molecule has 0 aromatic carbocycles. The van der Waals surface area contributed by atoms with Gasteiger partial charge < -0.3 is 10.4 Å². The van der Waals surface area contributed by atoms with Gasteiger partial charge in [-0.05, 0) is 19.8 Å². The Balaban J connectivity index is 2.33. The molecule has 0 aromatic heterocycles. The van der Waals surface area contributed by atoms with Crippen LogP contribution in [0.4, 0.5) is 13.2 Å². The molecule has 0 atom stereocenters. The van der Waals surface area contributed by atoms with Crippen LogP contribution in [0, 0.1) is 0 Å². The molecule has 2 N–H and O–H groups in total. The maximum absolute atomic E-state index is 11.7. The van der Waals surface area contributed by atoms with E-state index in [4.69, 9.17) is 5.11 Å². The van der Waals surface area contributed by atoms with Crippen molar-refractivity contribution in [2.24, 2.45) is 0 Å². The van der Waals surface area contributed by atoms with E-state index in [0.29, 0.717) is 0 Å². The molecular formula is C7H10F3NO2. The van der Waals surface area contributed by atoms with Gasteiger partial charge in [-0.25, -0.2) is 0 Å². The van der Waals surface area contributed by atoms with Crippen molar-refractivity contribution in [3.8, 4) is 0 Å².